The van der Waals surface area contributed by atoms with Crippen molar-refractivity contribution >= 4 is 17.7 Å². The van der Waals surface area contributed by atoms with Crippen LogP contribution in [0, 0.1) is 5.92 Å². The molecule has 2 aromatic rings. The first kappa shape index (κ1) is 19.6. The lowest BCUT2D eigenvalue weighted by Crippen LogP contribution is -2.43. The molecule has 0 amide bonds. The molecule has 0 radical (unpaired) electrons. The van der Waals surface area contributed by atoms with E-state index in [4.69, 9.17) is 9.47 Å². The summed E-state index contributed by atoms with van der Waals surface area (Å²) in [7, 11) is 0. The molecule has 144 valence electrons. The third-order valence-corrected chi connectivity index (χ3v) is 5.89. The molecule has 1 aliphatic rings. The average molecular weight is 388 g/mol. The van der Waals surface area contributed by atoms with E-state index in [0.29, 0.717) is 10.7 Å². The van der Waals surface area contributed by atoms with Crippen LogP contribution in [-0.2, 0) is 9.47 Å². The van der Waals surface area contributed by atoms with Crippen LogP contribution in [0.2, 0.25) is 0 Å². The third kappa shape index (κ3) is 3.66. The van der Waals surface area contributed by atoms with Crippen molar-refractivity contribution in [1.29, 1.82) is 0 Å². The highest BCUT2D eigenvalue weighted by atomic mass is 32.2. The number of thioether (sulfide) groups is 1. The maximum Gasteiger partial charge on any atom is 0.338 e. The summed E-state index contributed by atoms with van der Waals surface area (Å²) in [6, 6.07) is 10.3. The maximum atomic E-state index is 12.8. The molecule has 0 aliphatic carbocycles. The van der Waals surface area contributed by atoms with Crippen molar-refractivity contribution in [2.75, 3.05) is 6.26 Å². The minimum Gasteiger partial charge on any atom is -0.451 e. The summed E-state index contributed by atoms with van der Waals surface area (Å²) in [6.45, 7) is 5.96. The molecule has 1 aromatic heterocycles. The number of rotatable bonds is 5. The molecule has 0 bridgehead atoms. The molecular weight excluding hydrogens is 364 g/mol. The van der Waals surface area contributed by atoms with Gasteiger partial charge in [-0.2, -0.15) is 4.98 Å². The molecule has 6 nitrogen and oxygen atoms in total. The Hall–Kier alpha value is -2.12. The quantitative estimate of drug-likeness (QED) is 0.443. The Morgan fingerprint density at radius 3 is 2.67 bits per heavy atom. The zero-order valence-corrected chi connectivity index (χ0v) is 16.7. The van der Waals surface area contributed by atoms with Gasteiger partial charge in [-0.05, 0) is 31.7 Å². The lowest BCUT2D eigenvalue weighted by Gasteiger charge is -2.34. The van der Waals surface area contributed by atoms with Crippen molar-refractivity contribution < 1.29 is 14.3 Å². The molecule has 1 fully saturated rings. The Balaban J connectivity index is 2.01. The van der Waals surface area contributed by atoms with Gasteiger partial charge in [0.1, 0.15) is 0 Å². The van der Waals surface area contributed by atoms with Crippen LogP contribution >= 0.6 is 11.8 Å². The summed E-state index contributed by atoms with van der Waals surface area (Å²) in [5.74, 6) is -0.427. The molecule has 2 heterocycles. The predicted octanol–water partition coefficient (Wildman–Crippen LogP) is 3.52. The first-order valence-corrected chi connectivity index (χ1v) is 10.2. The second kappa shape index (κ2) is 7.86. The summed E-state index contributed by atoms with van der Waals surface area (Å²) in [6.07, 6.45) is 3.66. The molecule has 4 atom stereocenters. The zero-order chi connectivity index (χ0) is 19.6. The maximum absolute atomic E-state index is 12.8. The summed E-state index contributed by atoms with van der Waals surface area (Å²) in [4.78, 5) is 28.5. The van der Waals surface area contributed by atoms with Crippen molar-refractivity contribution in [3.63, 3.8) is 0 Å². The minimum absolute atomic E-state index is 0.0331. The van der Waals surface area contributed by atoms with E-state index in [-0.39, 0.29) is 17.6 Å². The van der Waals surface area contributed by atoms with Crippen molar-refractivity contribution in [2.24, 2.45) is 5.92 Å². The van der Waals surface area contributed by atoms with Crippen molar-refractivity contribution in [2.45, 2.75) is 50.3 Å². The Morgan fingerprint density at radius 2 is 2.04 bits per heavy atom. The molecule has 1 aromatic carbocycles. The SMILES string of the molecule is CC[C@H]1O[C@@H](n2ccc(=O)nc2SC)C(C)(OC(=O)c2ccccc2)[C@H]1C. The topological polar surface area (TPSA) is 70.4 Å². The van der Waals surface area contributed by atoms with Crippen LogP contribution < -0.4 is 5.56 Å². The lowest BCUT2D eigenvalue weighted by atomic mass is 9.86. The average Bonchev–Trinajstić information content (AvgIpc) is 2.93. The summed E-state index contributed by atoms with van der Waals surface area (Å²) < 4.78 is 14.1. The highest BCUT2D eigenvalue weighted by molar-refractivity contribution is 7.98. The van der Waals surface area contributed by atoms with E-state index in [2.05, 4.69) is 4.98 Å². The van der Waals surface area contributed by atoms with Crippen molar-refractivity contribution in [3.8, 4) is 0 Å². The first-order chi connectivity index (χ1) is 12.9. The zero-order valence-electron chi connectivity index (χ0n) is 15.9. The minimum atomic E-state index is -0.908. The molecule has 27 heavy (non-hydrogen) atoms. The second-order valence-corrected chi connectivity index (χ2v) is 7.60. The molecule has 0 N–H and O–H groups in total. The van der Waals surface area contributed by atoms with Gasteiger partial charge in [-0.25, -0.2) is 4.79 Å². The molecule has 7 heteroatoms. The largest absolute Gasteiger partial charge is 0.451 e. The molecular formula is C20H24N2O4S. The Kier molecular flexibility index (Phi) is 5.72. The van der Waals surface area contributed by atoms with Gasteiger partial charge in [0.2, 0.25) is 0 Å². The van der Waals surface area contributed by atoms with Crippen LogP contribution in [0.1, 0.15) is 43.8 Å². The number of nitrogens with zero attached hydrogens (tertiary/aromatic N) is 2. The molecule has 0 spiro atoms. The van der Waals surface area contributed by atoms with E-state index in [9.17, 15) is 9.59 Å². The van der Waals surface area contributed by atoms with E-state index in [1.165, 1.54) is 17.8 Å². The number of benzene rings is 1. The van der Waals surface area contributed by atoms with E-state index in [1.807, 2.05) is 33.1 Å². The number of aromatic nitrogens is 2. The monoisotopic (exact) mass is 388 g/mol. The predicted molar refractivity (Wildman–Crippen MR) is 104 cm³/mol. The van der Waals surface area contributed by atoms with Crippen LogP contribution in [0.4, 0.5) is 0 Å². The van der Waals surface area contributed by atoms with Gasteiger partial charge in [-0.15, -0.1) is 0 Å². The van der Waals surface area contributed by atoms with Crippen molar-refractivity contribution in [3.05, 3.63) is 58.5 Å². The van der Waals surface area contributed by atoms with Crippen molar-refractivity contribution in [1.82, 2.24) is 9.55 Å². The molecule has 1 unspecified atom stereocenters. The fourth-order valence-electron chi connectivity index (χ4n) is 3.51. The van der Waals surface area contributed by atoms with Crippen LogP contribution in [0.15, 0.2) is 52.5 Å². The summed E-state index contributed by atoms with van der Waals surface area (Å²) >= 11 is 1.35. The number of carbonyl (C=O) groups excluding carboxylic acids is 1. The number of esters is 1. The fraction of sp³-hybridized carbons (Fsp3) is 0.450. The normalized spacial score (nSPS) is 27.5. The Morgan fingerprint density at radius 1 is 1.33 bits per heavy atom. The molecule has 1 aliphatic heterocycles. The first-order valence-electron chi connectivity index (χ1n) is 8.97. The van der Waals surface area contributed by atoms with Gasteiger partial charge in [0.15, 0.2) is 17.0 Å². The number of carbonyl (C=O) groups is 1. The highest BCUT2D eigenvalue weighted by Crippen LogP contribution is 2.47. The van der Waals surface area contributed by atoms with Crippen LogP contribution in [0.25, 0.3) is 0 Å². The smallest absolute Gasteiger partial charge is 0.338 e. The lowest BCUT2D eigenvalue weighted by molar-refractivity contribution is -0.101. The van der Waals surface area contributed by atoms with Crippen LogP contribution in [0.5, 0.6) is 0 Å². The number of ether oxygens (including phenoxy) is 2. The van der Waals surface area contributed by atoms with Gasteiger partial charge < -0.3 is 9.47 Å². The van der Waals surface area contributed by atoms with E-state index in [1.54, 1.807) is 35.0 Å². The molecule has 3 rings (SSSR count). The van der Waals surface area contributed by atoms with Crippen LogP contribution in [0.3, 0.4) is 0 Å². The van der Waals surface area contributed by atoms with Gasteiger partial charge in [0.25, 0.3) is 5.56 Å². The van der Waals surface area contributed by atoms with E-state index in [0.717, 1.165) is 6.42 Å². The third-order valence-electron chi connectivity index (χ3n) is 5.22. The standard InChI is InChI=1S/C20H24N2O4S/c1-5-15-13(2)20(3,26-17(24)14-9-7-6-8-10-14)18(25-15)22-12-11-16(23)21-19(22)27-4/h6-13,15,18H,5H2,1-4H3/t13-,15+,18+,20?/m0/s1. The summed E-state index contributed by atoms with van der Waals surface area (Å²) in [5.41, 5.74) is -0.723. The van der Waals surface area contributed by atoms with Gasteiger partial charge in [-0.1, -0.05) is 43.8 Å². The van der Waals surface area contributed by atoms with Gasteiger partial charge in [0, 0.05) is 18.2 Å². The van der Waals surface area contributed by atoms with Crippen LogP contribution in [-0.4, -0.2) is 33.5 Å². The van der Waals surface area contributed by atoms with Gasteiger partial charge in [-0.3, -0.25) is 9.36 Å². The Labute approximate surface area is 162 Å². The van der Waals surface area contributed by atoms with E-state index >= 15 is 0 Å². The number of hydrogen-bond donors (Lipinski definition) is 0. The molecule has 0 saturated carbocycles. The number of hydrogen-bond acceptors (Lipinski definition) is 6. The van der Waals surface area contributed by atoms with Gasteiger partial charge in [0.05, 0.1) is 11.7 Å². The molecule has 1 saturated heterocycles. The van der Waals surface area contributed by atoms with E-state index < -0.39 is 17.8 Å². The Bertz CT molecular complexity index is 870. The van der Waals surface area contributed by atoms with Gasteiger partial charge >= 0.3 is 5.97 Å². The second-order valence-electron chi connectivity index (χ2n) is 6.82. The highest BCUT2D eigenvalue weighted by Gasteiger charge is 2.55. The fourth-order valence-corrected chi connectivity index (χ4v) is 4.06. The summed E-state index contributed by atoms with van der Waals surface area (Å²) in [5, 5.41) is 0.526.